The molecule has 1 heterocycles. The number of likely N-dealkylation sites (tertiary alicyclic amines) is 1. The summed E-state index contributed by atoms with van der Waals surface area (Å²) in [7, 11) is 0. The molecule has 0 N–H and O–H groups in total. The molecule has 0 saturated carbocycles. The van der Waals surface area contributed by atoms with Gasteiger partial charge >= 0.3 is 0 Å². The molecule has 1 unspecified atom stereocenters. The quantitative estimate of drug-likeness (QED) is 0.665. The van der Waals surface area contributed by atoms with Gasteiger partial charge in [0.1, 0.15) is 0 Å². The molecule has 1 atom stereocenters. The molecule has 1 amide bonds. The predicted molar refractivity (Wildman–Crippen MR) is 51.5 cm³/mol. The number of ether oxygens (including phenoxy) is 1. The van der Waals surface area contributed by atoms with Crippen LogP contribution in [0.15, 0.2) is 0 Å². The van der Waals surface area contributed by atoms with Crippen molar-refractivity contribution in [3.8, 4) is 0 Å². The van der Waals surface area contributed by atoms with E-state index in [4.69, 9.17) is 4.74 Å². The van der Waals surface area contributed by atoms with E-state index >= 15 is 0 Å². The molecule has 1 fully saturated rings. The highest BCUT2D eigenvalue weighted by molar-refractivity contribution is 5.79. The van der Waals surface area contributed by atoms with Gasteiger partial charge in [-0.05, 0) is 27.7 Å². The Bertz CT molecular complexity index is 189. The lowest BCUT2D eigenvalue weighted by Crippen LogP contribution is -2.33. The zero-order chi connectivity index (χ0) is 10.0. The van der Waals surface area contributed by atoms with Crippen molar-refractivity contribution in [3.63, 3.8) is 0 Å². The van der Waals surface area contributed by atoms with Crippen LogP contribution in [-0.2, 0) is 9.53 Å². The maximum Gasteiger partial charge on any atom is 0.225 e. The van der Waals surface area contributed by atoms with Crippen molar-refractivity contribution in [2.45, 2.75) is 52.4 Å². The summed E-state index contributed by atoms with van der Waals surface area (Å²) in [5.74, 6) is 0.223. The van der Waals surface area contributed by atoms with Crippen molar-refractivity contribution in [2.24, 2.45) is 0 Å². The van der Waals surface area contributed by atoms with Crippen LogP contribution < -0.4 is 0 Å². The van der Waals surface area contributed by atoms with Crippen LogP contribution >= 0.6 is 0 Å². The fraction of sp³-hybridized carbons (Fsp3) is 0.900. The smallest absolute Gasteiger partial charge is 0.225 e. The van der Waals surface area contributed by atoms with Crippen molar-refractivity contribution < 1.29 is 9.53 Å². The van der Waals surface area contributed by atoms with Gasteiger partial charge in [-0.3, -0.25) is 4.79 Å². The molecule has 0 aromatic carbocycles. The Kier molecular flexibility index (Phi) is 3.31. The van der Waals surface area contributed by atoms with Gasteiger partial charge in [0.2, 0.25) is 5.91 Å². The predicted octanol–water partition coefficient (Wildman–Crippen LogP) is 1.42. The van der Waals surface area contributed by atoms with E-state index in [0.717, 1.165) is 6.54 Å². The van der Waals surface area contributed by atoms with Crippen molar-refractivity contribution >= 4 is 5.91 Å². The molecule has 13 heavy (non-hydrogen) atoms. The summed E-state index contributed by atoms with van der Waals surface area (Å²) in [5.41, 5.74) is 0. The number of amides is 1. The summed E-state index contributed by atoms with van der Waals surface area (Å²) in [6, 6.07) is 0.299. The van der Waals surface area contributed by atoms with E-state index in [1.807, 2.05) is 32.6 Å². The topological polar surface area (TPSA) is 29.5 Å². The Labute approximate surface area is 80.1 Å². The summed E-state index contributed by atoms with van der Waals surface area (Å²) in [6.45, 7) is 8.84. The molecule has 1 aliphatic rings. The van der Waals surface area contributed by atoms with Crippen LogP contribution in [0.4, 0.5) is 0 Å². The molecule has 3 nitrogen and oxygen atoms in total. The zero-order valence-corrected chi connectivity index (χ0v) is 8.91. The minimum atomic E-state index is 0.106. The lowest BCUT2D eigenvalue weighted by atomic mass is 10.3. The van der Waals surface area contributed by atoms with E-state index in [9.17, 15) is 4.79 Å². The van der Waals surface area contributed by atoms with Crippen LogP contribution in [0.5, 0.6) is 0 Å². The van der Waals surface area contributed by atoms with Crippen LogP contribution in [-0.4, -0.2) is 35.6 Å². The minimum absolute atomic E-state index is 0.106. The molecule has 0 aliphatic carbocycles. The highest BCUT2D eigenvalue weighted by atomic mass is 16.5. The molecule has 0 bridgehead atoms. The van der Waals surface area contributed by atoms with E-state index in [1.165, 1.54) is 0 Å². The molecular formula is C10H19NO2. The minimum Gasteiger partial charge on any atom is -0.373 e. The number of carbonyl (C=O) groups is 1. The van der Waals surface area contributed by atoms with E-state index in [-0.39, 0.29) is 18.1 Å². The Hall–Kier alpha value is -0.570. The summed E-state index contributed by atoms with van der Waals surface area (Å²) in [4.78, 5) is 13.3. The SMILES string of the molecule is CC(C)OC1CC(=O)N(C(C)C)C1. The van der Waals surface area contributed by atoms with E-state index in [0.29, 0.717) is 12.5 Å². The average molecular weight is 185 g/mol. The Morgan fingerprint density at radius 2 is 2.00 bits per heavy atom. The fourth-order valence-corrected chi connectivity index (χ4v) is 1.67. The number of carbonyl (C=O) groups excluding carboxylic acids is 1. The second-order valence-electron chi connectivity index (χ2n) is 4.15. The number of hydrogen-bond acceptors (Lipinski definition) is 2. The standard InChI is InChI=1S/C10H19NO2/c1-7(2)11-6-9(5-10(11)12)13-8(3)4/h7-9H,5-6H2,1-4H3. The molecule has 0 radical (unpaired) electrons. The highest BCUT2D eigenvalue weighted by Gasteiger charge is 2.31. The van der Waals surface area contributed by atoms with E-state index < -0.39 is 0 Å². The van der Waals surface area contributed by atoms with Gasteiger partial charge in [-0.15, -0.1) is 0 Å². The third kappa shape index (κ3) is 2.69. The van der Waals surface area contributed by atoms with Gasteiger partial charge in [-0.2, -0.15) is 0 Å². The first kappa shape index (κ1) is 10.5. The van der Waals surface area contributed by atoms with Gasteiger partial charge in [0.25, 0.3) is 0 Å². The van der Waals surface area contributed by atoms with Gasteiger partial charge in [0, 0.05) is 12.6 Å². The molecule has 1 rings (SSSR count). The highest BCUT2D eigenvalue weighted by Crippen LogP contribution is 2.17. The number of rotatable bonds is 3. The molecule has 1 saturated heterocycles. The maximum atomic E-state index is 11.5. The van der Waals surface area contributed by atoms with Crippen LogP contribution in [0.25, 0.3) is 0 Å². The summed E-state index contributed by atoms with van der Waals surface area (Å²) in [6.07, 6.45) is 0.871. The summed E-state index contributed by atoms with van der Waals surface area (Å²) in [5, 5.41) is 0. The van der Waals surface area contributed by atoms with Gasteiger partial charge in [0.15, 0.2) is 0 Å². The van der Waals surface area contributed by atoms with Gasteiger partial charge in [-0.1, -0.05) is 0 Å². The Morgan fingerprint density at radius 3 is 2.38 bits per heavy atom. The second-order valence-corrected chi connectivity index (χ2v) is 4.15. The Morgan fingerprint density at radius 1 is 1.38 bits per heavy atom. The van der Waals surface area contributed by atoms with Crippen molar-refractivity contribution in [1.29, 1.82) is 0 Å². The zero-order valence-electron chi connectivity index (χ0n) is 8.91. The number of nitrogens with zero attached hydrogens (tertiary/aromatic N) is 1. The van der Waals surface area contributed by atoms with Gasteiger partial charge < -0.3 is 9.64 Å². The van der Waals surface area contributed by atoms with Crippen LogP contribution in [0, 0.1) is 0 Å². The average Bonchev–Trinajstić information content (AvgIpc) is 2.29. The number of hydrogen-bond donors (Lipinski definition) is 0. The van der Waals surface area contributed by atoms with E-state index in [2.05, 4.69) is 0 Å². The maximum absolute atomic E-state index is 11.5. The molecule has 0 aromatic heterocycles. The van der Waals surface area contributed by atoms with Crippen molar-refractivity contribution in [1.82, 2.24) is 4.90 Å². The van der Waals surface area contributed by atoms with Crippen molar-refractivity contribution in [3.05, 3.63) is 0 Å². The molecular weight excluding hydrogens is 166 g/mol. The normalized spacial score (nSPS) is 23.7. The largest absolute Gasteiger partial charge is 0.373 e. The third-order valence-electron chi connectivity index (χ3n) is 2.21. The molecule has 3 heteroatoms. The first-order valence-corrected chi connectivity index (χ1v) is 4.95. The van der Waals surface area contributed by atoms with Crippen LogP contribution in [0.2, 0.25) is 0 Å². The van der Waals surface area contributed by atoms with Gasteiger partial charge in [-0.25, -0.2) is 0 Å². The third-order valence-corrected chi connectivity index (χ3v) is 2.21. The van der Waals surface area contributed by atoms with E-state index in [1.54, 1.807) is 0 Å². The lowest BCUT2D eigenvalue weighted by molar-refractivity contribution is -0.129. The fourth-order valence-electron chi connectivity index (χ4n) is 1.67. The molecule has 76 valence electrons. The van der Waals surface area contributed by atoms with Crippen LogP contribution in [0.3, 0.4) is 0 Å². The monoisotopic (exact) mass is 185 g/mol. The summed E-state index contributed by atoms with van der Waals surface area (Å²) >= 11 is 0. The first-order valence-electron chi connectivity index (χ1n) is 4.95. The Balaban J connectivity index is 2.45. The van der Waals surface area contributed by atoms with Crippen LogP contribution in [0.1, 0.15) is 34.1 Å². The van der Waals surface area contributed by atoms with Crippen molar-refractivity contribution in [2.75, 3.05) is 6.54 Å². The molecule has 0 spiro atoms. The lowest BCUT2D eigenvalue weighted by Gasteiger charge is -2.21. The summed E-state index contributed by atoms with van der Waals surface area (Å²) < 4.78 is 5.60. The second kappa shape index (κ2) is 4.09. The van der Waals surface area contributed by atoms with Gasteiger partial charge in [0.05, 0.1) is 18.6 Å². The molecule has 0 aromatic rings. The molecule has 1 aliphatic heterocycles. The first-order chi connectivity index (χ1) is 6.00.